The van der Waals surface area contributed by atoms with Crippen LogP contribution in [-0.4, -0.2) is 15.2 Å². The smallest absolute Gasteiger partial charge is 0.141 e. The zero-order chi connectivity index (χ0) is 9.80. The number of aromatic amines is 1. The van der Waals surface area contributed by atoms with Crippen LogP contribution in [0.25, 0.3) is 0 Å². The molecule has 0 aromatic carbocycles. The highest BCUT2D eigenvalue weighted by Crippen LogP contribution is 2.30. The summed E-state index contributed by atoms with van der Waals surface area (Å²) in [4.78, 5) is 4.13. The number of hydrogen-bond donors (Lipinski definition) is 2. The third-order valence-electron chi connectivity index (χ3n) is 3.16. The van der Waals surface area contributed by atoms with E-state index in [-0.39, 0.29) is 6.04 Å². The van der Waals surface area contributed by atoms with Gasteiger partial charge in [0, 0.05) is 0 Å². The molecule has 1 aliphatic rings. The van der Waals surface area contributed by atoms with Crippen LogP contribution in [0.1, 0.15) is 50.4 Å². The number of H-pyrrole nitrogens is 1. The fourth-order valence-corrected chi connectivity index (χ4v) is 2.27. The van der Waals surface area contributed by atoms with Gasteiger partial charge in [-0.3, -0.25) is 5.10 Å². The van der Waals surface area contributed by atoms with Gasteiger partial charge in [-0.1, -0.05) is 25.7 Å². The average molecular weight is 194 g/mol. The molecule has 0 radical (unpaired) electrons. The van der Waals surface area contributed by atoms with Crippen LogP contribution < -0.4 is 5.73 Å². The summed E-state index contributed by atoms with van der Waals surface area (Å²) in [5.74, 6) is 1.43. The SMILES string of the molecule is NC(c1ncn[nH]1)C1CCCCCC1. The van der Waals surface area contributed by atoms with Crippen molar-refractivity contribution in [3.8, 4) is 0 Å². The van der Waals surface area contributed by atoms with E-state index in [1.165, 1.54) is 44.9 Å². The topological polar surface area (TPSA) is 67.6 Å². The lowest BCUT2D eigenvalue weighted by atomic mass is 9.92. The molecule has 1 heterocycles. The van der Waals surface area contributed by atoms with Crippen LogP contribution in [0.3, 0.4) is 0 Å². The molecule has 4 nitrogen and oxygen atoms in total. The van der Waals surface area contributed by atoms with E-state index in [2.05, 4.69) is 15.2 Å². The van der Waals surface area contributed by atoms with E-state index in [4.69, 9.17) is 5.73 Å². The Kier molecular flexibility index (Phi) is 3.14. The Balaban J connectivity index is 1.99. The second kappa shape index (κ2) is 4.55. The first kappa shape index (κ1) is 9.65. The minimum atomic E-state index is 0.0515. The number of nitrogens with two attached hydrogens (primary N) is 1. The molecule has 14 heavy (non-hydrogen) atoms. The van der Waals surface area contributed by atoms with E-state index in [1.807, 2.05) is 0 Å². The molecule has 1 saturated carbocycles. The molecule has 0 saturated heterocycles. The molecule has 0 bridgehead atoms. The van der Waals surface area contributed by atoms with Crippen molar-refractivity contribution < 1.29 is 0 Å². The summed E-state index contributed by atoms with van der Waals surface area (Å²) in [5.41, 5.74) is 6.15. The van der Waals surface area contributed by atoms with Crippen LogP contribution in [0.15, 0.2) is 6.33 Å². The van der Waals surface area contributed by atoms with Gasteiger partial charge in [0.05, 0.1) is 6.04 Å². The average Bonchev–Trinajstić information content (AvgIpc) is 2.59. The Morgan fingerprint density at radius 1 is 1.29 bits per heavy atom. The zero-order valence-corrected chi connectivity index (χ0v) is 8.45. The highest BCUT2D eigenvalue weighted by atomic mass is 15.2. The molecule has 1 fully saturated rings. The van der Waals surface area contributed by atoms with E-state index in [0.29, 0.717) is 5.92 Å². The number of hydrogen-bond acceptors (Lipinski definition) is 3. The van der Waals surface area contributed by atoms with Crippen molar-refractivity contribution in [2.24, 2.45) is 11.7 Å². The number of rotatable bonds is 2. The second-order valence-corrected chi connectivity index (χ2v) is 4.15. The Morgan fingerprint density at radius 2 is 2.00 bits per heavy atom. The zero-order valence-electron chi connectivity index (χ0n) is 8.45. The minimum absolute atomic E-state index is 0.0515. The lowest BCUT2D eigenvalue weighted by Crippen LogP contribution is -2.22. The van der Waals surface area contributed by atoms with Crippen molar-refractivity contribution in [2.45, 2.75) is 44.6 Å². The van der Waals surface area contributed by atoms with E-state index in [1.54, 1.807) is 0 Å². The lowest BCUT2D eigenvalue weighted by Gasteiger charge is -2.19. The van der Waals surface area contributed by atoms with Crippen LogP contribution in [0.4, 0.5) is 0 Å². The molecule has 78 valence electrons. The molecule has 1 aromatic rings. The molecule has 4 heteroatoms. The first-order valence-electron chi connectivity index (χ1n) is 5.49. The molecule has 1 unspecified atom stereocenters. The fourth-order valence-electron chi connectivity index (χ4n) is 2.27. The molecule has 2 rings (SSSR count). The first-order chi connectivity index (χ1) is 6.88. The maximum Gasteiger partial charge on any atom is 0.141 e. The van der Waals surface area contributed by atoms with Crippen LogP contribution in [0.5, 0.6) is 0 Å². The van der Waals surface area contributed by atoms with Crippen molar-refractivity contribution in [3.63, 3.8) is 0 Å². The maximum atomic E-state index is 6.15. The third-order valence-corrected chi connectivity index (χ3v) is 3.16. The van der Waals surface area contributed by atoms with Gasteiger partial charge in [-0.2, -0.15) is 5.10 Å². The van der Waals surface area contributed by atoms with Gasteiger partial charge in [0.2, 0.25) is 0 Å². The Morgan fingerprint density at radius 3 is 2.57 bits per heavy atom. The van der Waals surface area contributed by atoms with Gasteiger partial charge in [-0.15, -0.1) is 0 Å². The summed E-state index contributed by atoms with van der Waals surface area (Å²) in [5, 5.41) is 6.71. The quantitative estimate of drug-likeness (QED) is 0.705. The van der Waals surface area contributed by atoms with Crippen molar-refractivity contribution >= 4 is 0 Å². The van der Waals surface area contributed by atoms with Crippen molar-refractivity contribution in [1.29, 1.82) is 0 Å². The van der Waals surface area contributed by atoms with Crippen LogP contribution in [0, 0.1) is 5.92 Å². The molecular formula is C10H18N4. The standard InChI is InChI=1S/C10H18N4/c11-9(10-12-7-13-14-10)8-5-3-1-2-4-6-8/h7-9H,1-6,11H2,(H,12,13,14). The highest BCUT2D eigenvalue weighted by molar-refractivity contribution is 4.93. The van der Waals surface area contributed by atoms with Gasteiger partial charge in [-0.25, -0.2) is 4.98 Å². The highest BCUT2D eigenvalue weighted by Gasteiger charge is 2.22. The first-order valence-corrected chi connectivity index (χ1v) is 5.49. The number of aromatic nitrogens is 3. The van der Waals surface area contributed by atoms with Crippen LogP contribution in [-0.2, 0) is 0 Å². The summed E-state index contributed by atoms with van der Waals surface area (Å²) in [6.45, 7) is 0. The number of nitrogens with zero attached hydrogens (tertiary/aromatic N) is 2. The van der Waals surface area contributed by atoms with Crippen LogP contribution in [0.2, 0.25) is 0 Å². The summed E-state index contributed by atoms with van der Waals surface area (Å²) in [6.07, 6.45) is 9.36. The molecule has 0 amide bonds. The summed E-state index contributed by atoms with van der Waals surface area (Å²) < 4.78 is 0. The molecule has 0 spiro atoms. The summed E-state index contributed by atoms with van der Waals surface area (Å²) >= 11 is 0. The molecule has 1 aliphatic carbocycles. The molecule has 1 atom stereocenters. The van der Waals surface area contributed by atoms with Gasteiger partial charge in [0.1, 0.15) is 12.2 Å². The van der Waals surface area contributed by atoms with Crippen molar-refractivity contribution in [1.82, 2.24) is 15.2 Å². The van der Waals surface area contributed by atoms with E-state index < -0.39 is 0 Å². The van der Waals surface area contributed by atoms with E-state index in [9.17, 15) is 0 Å². The summed E-state index contributed by atoms with van der Waals surface area (Å²) in [6, 6.07) is 0.0515. The Hall–Kier alpha value is -0.900. The molecular weight excluding hydrogens is 176 g/mol. The Labute approximate surface area is 84.3 Å². The largest absolute Gasteiger partial charge is 0.321 e. The van der Waals surface area contributed by atoms with Gasteiger partial charge in [-0.05, 0) is 18.8 Å². The maximum absolute atomic E-state index is 6.15. The van der Waals surface area contributed by atoms with E-state index in [0.717, 1.165) is 5.82 Å². The number of nitrogens with one attached hydrogen (secondary N) is 1. The van der Waals surface area contributed by atoms with Gasteiger partial charge < -0.3 is 5.73 Å². The third kappa shape index (κ3) is 2.12. The van der Waals surface area contributed by atoms with Gasteiger partial charge >= 0.3 is 0 Å². The second-order valence-electron chi connectivity index (χ2n) is 4.15. The monoisotopic (exact) mass is 194 g/mol. The normalized spacial score (nSPS) is 21.8. The van der Waals surface area contributed by atoms with Gasteiger partial charge in [0.25, 0.3) is 0 Å². The minimum Gasteiger partial charge on any atom is -0.321 e. The van der Waals surface area contributed by atoms with Crippen molar-refractivity contribution in [3.05, 3.63) is 12.2 Å². The molecule has 3 N–H and O–H groups in total. The Bertz CT molecular complexity index is 249. The van der Waals surface area contributed by atoms with Crippen LogP contribution >= 0.6 is 0 Å². The lowest BCUT2D eigenvalue weighted by molar-refractivity contribution is 0.371. The van der Waals surface area contributed by atoms with Crippen molar-refractivity contribution in [2.75, 3.05) is 0 Å². The van der Waals surface area contributed by atoms with E-state index >= 15 is 0 Å². The molecule has 0 aliphatic heterocycles. The molecule has 1 aromatic heterocycles. The fraction of sp³-hybridized carbons (Fsp3) is 0.800. The predicted octanol–water partition coefficient (Wildman–Crippen LogP) is 1.77. The summed E-state index contributed by atoms with van der Waals surface area (Å²) in [7, 11) is 0. The predicted molar refractivity (Wildman–Crippen MR) is 54.5 cm³/mol. The van der Waals surface area contributed by atoms with Gasteiger partial charge in [0.15, 0.2) is 0 Å².